The third kappa shape index (κ3) is 5.06. The third-order valence-electron chi connectivity index (χ3n) is 4.79. The molecule has 162 valence electrons. The number of amides is 1. The van der Waals surface area contributed by atoms with Gasteiger partial charge in [-0.2, -0.15) is 4.73 Å². The molecule has 0 spiro atoms. The minimum atomic E-state index is -0.0331. The number of nitrogens with one attached hydrogen (secondary N) is 1. The Morgan fingerprint density at radius 2 is 1.93 bits per heavy atom. The third-order valence-corrected chi connectivity index (χ3v) is 4.79. The minimum Gasteiger partial charge on any atom is -0.408 e. The number of fused-ring (bicyclic) bond motifs is 1. The van der Waals surface area contributed by atoms with Crippen molar-refractivity contribution in [2.24, 2.45) is 5.73 Å². The fraction of sp³-hybridized carbons (Fsp3) is 0.455. The number of nitrogens with zero attached hydrogens (tertiary/aromatic N) is 4. The van der Waals surface area contributed by atoms with Gasteiger partial charge in [-0.3, -0.25) is 14.8 Å². The molecule has 0 saturated carbocycles. The first-order valence-corrected chi connectivity index (χ1v) is 10.5. The van der Waals surface area contributed by atoms with Crippen LogP contribution in [0.5, 0.6) is 0 Å². The molecular formula is C22H32N6O2. The van der Waals surface area contributed by atoms with Gasteiger partial charge in [-0.05, 0) is 31.4 Å². The second-order valence-corrected chi connectivity index (χ2v) is 7.78. The molecule has 1 aromatic heterocycles. The lowest BCUT2D eigenvalue weighted by Crippen LogP contribution is -2.44. The van der Waals surface area contributed by atoms with Crippen molar-refractivity contribution < 1.29 is 9.63 Å². The Balaban J connectivity index is 1.88. The number of imidazole rings is 1. The Morgan fingerprint density at radius 1 is 1.23 bits per heavy atom. The SMILES string of the molecule is CCCCN1C=C(N)c2ncn(OC(C)C)c2N1Cc1ccc(CNC(C)=O)cc1. The average Bonchev–Trinajstić information content (AvgIpc) is 3.11. The van der Waals surface area contributed by atoms with Crippen LogP contribution in [0.2, 0.25) is 0 Å². The summed E-state index contributed by atoms with van der Waals surface area (Å²) in [6.07, 6.45) is 5.78. The normalized spacial score (nSPS) is 13.3. The maximum absolute atomic E-state index is 11.1. The van der Waals surface area contributed by atoms with Crippen molar-refractivity contribution in [2.75, 3.05) is 11.6 Å². The summed E-state index contributed by atoms with van der Waals surface area (Å²) in [6, 6.07) is 8.25. The Bertz CT molecular complexity index is 888. The summed E-state index contributed by atoms with van der Waals surface area (Å²) >= 11 is 0. The van der Waals surface area contributed by atoms with Crippen LogP contribution in [0.4, 0.5) is 5.82 Å². The summed E-state index contributed by atoms with van der Waals surface area (Å²) in [5, 5.41) is 7.14. The van der Waals surface area contributed by atoms with Gasteiger partial charge in [-0.1, -0.05) is 37.6 Å². The van der Waals surface area contributed by atoms with Crippen LogP contribution < -0.4 is 20.9 Å². The maximum Gasteiger partial charge on any atom is 0.217 e. The Labute approximate surface area is 178 Å². The van der Waals surface area contributed by atoms with Gasteiger partial charge in [-0.25, -0.2) is 4.98 Å². The van der Waals surface area contributed by atoms with Gasteiger partial charge >= 0.3 is 0 Å². The Hall–Kier alpha value is -3.16. The van der Waals surface area contributed by atoms with Crippen LogP contribution in [-0.4, -0.2) is 33.3 Å². The molecule has 1 amide bonds. The molecule has 2 heterocycles. The second kappa shape index (κ2) is 9.56. The van der Waals surface area contributed by atoms with Crippen LogP contribution in [0.15, 0.2) is 36.8 Å². The molecule has 0 atom stereocenters. The number of anilines is 1. The van der Waals surface area contributed by atoms with Gasteiger partial charge in [0.05, 0.1) is 12.2 Å². The van der Waals surface area contributed by atoms with Crippen LogP contribution in [0.1, 0.15) is 57.4 Å². The zero-order valence-electron chi connectivity index (χ0n) is 18.3. The highest BCUT2D eigenvalue weighted by atomic mass is 16.7. The number of unbranched alkanes of at least 4 members (excludes halogenated alkanes) is 1. The summed E-state index contributed by atoms with van der Waals surface area (Å²) in [5.74, 6) is 0.802. The summed E-state index contributed by atoms with van der Waals surface area (Å²) in [5.41, 5.74) is 9.88. The molecule has 3 N–H and O–H groups in total. The van der Waals surface area contributed by atoms with Crippen molar-refractivity contribution in [3.63, 3.8) is 0 Å². The van der Waals surface area contributed by atoms with Gasteiger partial charge in [0.25, 0.3) is 0 Å². The molecule has 3 rings (SSSR count). The first-order chi connectivity index (χ1) is 14.4. The lowest BCUT2D eigenvalue weighted by Gasteiger charge is -2.39. The number of carbonyl (C=O) groups is 1. The van der Waals surface area contributed by atoms with Crippen LogP contribution in [-0.2, 0) is 17.9 Å². The van der Waals surface area contributed by atoms with Crippen LogP contribution in [0, 0.1) is 0 Å². The van der Waals surface area contributed by atoms with E-state index in [1.807, 2.05) is 32.2 Å². The molecule has 0 aliphatic carbocycles. The summed E-state index contributed by atoms with van der Waals surface area (Å²) in [4.78, 5) is 21.6. The van der Waals surface area contributed by atoms with E-state index < -0.39 is 0 Å². The lowest BCUT2D eigenvalue weighted by atomic mass is 10.1. The number of hydrogen-bond acceptors (Lipinski definition) is 6. The van der Waals surface area contributed by atoms with Crippen molar-refractivity contribution in [3.8, 4) is 0 Å². The largest absolute Gasteiger partial charge is 0.408 e. The molecule has 1 aliphatic heterocycles. The number of aromatic nitrogens is 2. The molecule has 0 saturated heterocycles. The molecule has 8 nitrogen and oxygen atoms in total. The van der Waals surface area contributed by atoms with Crippen molar-refractivity contribution in [3.05, 3.63) is 53.6 Å². The molecule has 0 bridgehead atoms. The molecule has 0 radical (unpaired) electrons. The van der Waals surface area contributed by atoms with Crippen LogP contribution in [0.3, 0.4) is 0 Å². The van der Waals surface area contributed by atoms with Crippen LogP contribution in [0.25, 0.3) is 5.70 Å². The van der Waals surface area contributed by atoms with Gasteiger partial charge < -0.3 is 15.9 Å². The number of benzene rings is 1. The Kier molecular flexibility index (Phi) is 6.87. The van der Waals surface area contributed by atoms with Crippen molar-refractivity contribution >= 4 is 17.4 Å². The first kappa shape index (κ1) is 21.5. The van der Waals surface area contributed by atoms with Gasteiger partial charge in [0.15, 0.2) is 5.82 Å². The van der Waals surface area contributed by atoms with E-state index in [-0.39, 0.29) is 12.0 Å². The molecular weight excluding hydrogens is 380 g/mol. The van der Waals surface area contributed by atoms with Crippen molar-refractivity contribution in [1.82, 2.24) is 20.0 Å². The Morgan fingerprint density at radius 3 is 2.57 bits per heavy atom. The smallest absolute Gasteiger partial charge is 0.217 e. The predicted molar refractivity (Wildman–Crippen MR) is 118 cm³/mol. The minimum absolute atomic E-state index is 0.00873. The fourth-order valence-electron chi connectivity index (χ4n) is 3.32. The number of hydrazine groups is 1. The molecule has 8 heteroatoms. The van der Waals surface area contributed by atoms with Gasteiger partial charge in [0.2, 0.25) is 5.91 Å². The van der Waals surface area contributed by atoms with Crippen molar-refractivity contribution in [2.45, 2.75) is 59.7 Å². The highest BCUT2D eigenvalue weighted by Crippen LogP contribution is 2.32. The van der Waals surface area contributed by atoms with Gasteiger partial charge in [0.1, 0.15) is 18.1 Å². The molecule has 0 fully saturated rings. The summed E-state index contributed by atoms with van der Waals surface area (Å²) in [6.45, 7) is 9.70. The van der Waals surface area contributed by atoms with Gasteiger partial charge in [-0.15, -0.1) is 0 Å². The molecule has 1 aliphatic rings. The van der Waals surface area contributed by atoms with E-state index in [1.165, 1.54) is 6.92 Å². The van der Waals surface area contributed by atoms with E-state index in [4.69, 9.17) is 10.6 Å². The predicted octanol–water partition coefficient (Wildman–Crippen LogP) is 2.65. The van der Waals surface area contributed by atoms with Crippen LogP contribution >= 0.6 is 0 Å². The lowest BCUT2D eigenvalue weighted by molar-refractivity contribution is -0.119. The summed E-state index contributed by atoms with van der Waals surface area (Å²) in [7, 11) is 0. The fourth-order valence-corrected chi connectivity index (χ4v) is 3.32. The highest BCUT2D eigenvalue weighted by Gasteiger charge is 2.29. The number of rotatable bonds is 9. The first-order valence-electron chi connectivity index (χ1n) is 10.5. The quantitative estimate of drug-likeness (QED) is 0.658. The zero-order chi connectivity index (χ0) is 21.7. The maximum atomic E-state index is 11.1. The van der Waals surface area contributed by atoms with E-state index in [9.17, 15) is 4.79 Å². The topological polar surface area (TPSA) is 88.7 Å². The van der Waals surface area contributed by atoms with E-state index in [0.717, 1.165) is 42.0 Å². The van der Waals surface area contributed by atoms with Crippen molar-refractivity contribution in [1.29, 1.82) is 0 Å². The second-order valence-electron chi connectivity index (χ2n) is 7.78. The van der Waals surface area contributed by atoms with E-state index >= 15 is 0 Å². The molecule has 2 aromatic rings. The number of nitrogens with two attached hydrogens (primary N) is 1. The zero-order valence-corrected chi connectivity index (χ0v) is 18.3. The monoisotopic (exact) mass is 412 g/mol. The van der Waals surface area contributed by atoms with E-state index in [2.05, 4.69) is 39.4 Å². The van der Waals surface area contributed by atoms with E-state index in [1.54, 1.807) is 11.1 Å². The molecule has 0 unspecified atom stereocenters. The average molecular weight is 413 g/mol. The number of hydrogen-bond donors (Lipinski definition) is 2. The molecule has 1 aromatic carbocycles. The van der Waals surface area contributed by atoms with Gasteiger partial charge in [0, 0.05) is 26.2 Å². The van der Waals surface area contributed by atoms with E-state index in [0.29, 0.717) is 18.8 Å². The number of carbonyl (C=O) groups excluding carboxylic acids is 1. The highest BCUT2D eigenvalue weighted by molar-refractivity contribution is 5.73. The molecule has 30 heavy (non-hydrogen) atoms. The standard InChI is InChI=1S/C22H32N6O2/c1-5-6-11-26-14-20(23)21-22(28(15-25-21)30-16(2)3)27(26)13-19-9-7-18(8-10-19)12-24-17(4)29/h7-10,14-16H,5-6,11-13,23H2,1-4H3,(H,24,29). The summed E-state index contributed by atoms with van der Waals surface area (Å²) < 4.78 is 1.71.